The first-order valence-electron chi connectivity index (χ1n) is 6.04. The van der Waals surface area contributed by atoms with Crippen LogP contribution in [0, 0.1) is 6.92 Å². The topological polar surface area (TPSA) is 47.0 Å². The number of aryl methyl sites for hydroxylation is 1. The Bertz CT molecular complexity index is 591. The smallest absolute Gasteiger partial charge is 0.272 e. The van der Waals surface area contributed by atoms with Crippen LogP contribution in [0.15, 0.2) is 23.1 Å². The fourth-order valence-electron chi connectivity index (χ4n) is 2.54. The number of aromatic amines is 1. The Morgan fingerprint density at radius 3 is 3.24 bits per heavy atom. The van der Waals surface area contributed by atoms with Gasteiger partial charge >= 0.3 is 0 Å². The van der Waals surface area contributed by atoms with Gasteiger partial charge < -0.3 is 14.3 Å². The predicted molar refractivity (Wildman–Crippen MR) is 66.3 cm³/mol. The van der Waals surface area contributed by atoms with Gasteiger partial charge in [-0.2, -0.15) is 0 Å². The maximum atomic E-state index is 11.9. The molecule has 4 heteroatoms. The summed E-state index contributed by atoms with van der Waals surface area (Å²) in [6, 6.07) is 4.00. The molecule has 1 fully saturated rings. The molecular formula is C13H16N2O2. The number of pyridine rings is 1. The van der Waals surface area contributed by atoms with E-state index in [9.17, 15) is 4.79 Å². The van der Waals surface area contributed by atoms with E-state index < -0.39 is 0 Å². The number of rotatable bonds is 2. The van der Waals surface area contributed by atoms with Gasteiger partial charge in [0, 0.05) is 30.4 Å². The van der Waals surface area contributed by atoms with E-state index in [2.05, 4.69) is 4.98 Å². The molecule has 1 atom stereocenters. The predicted octanol–water partition coefficient (Wildman–Crippen LogP) is 1.82. The largest absolute Gasteiger partial charge is 0.376 e. The Kier molecular flexibility index (Phi) is 2.52. The average Bonchev–Trinajstić information content (AvgIpc) is 2.88. The maximum Gasteiger partial charge on any atom is 0.272 e. The first-order chi connectivity index (χ1) is 8.24. The van der Waals surface area contributed by atoms with E-state index in [-0.39, 0.29) is 11.7 Å². The van der Waals surface area contributed by atoms with Crippen LogP contribution in [0.1, 0.15) is 18.5 Å². The minimum Gasteiger partial charge on any atom is -0.376 e. The second kappa shape index (κ2) is 4.04. The van der Waals surface area contributed by atoms with E-state index in [1.165, 1.54) is 0 Å². The highest BCUT2D eigenvalue weighted by Gasteiger charge is 2.17. The Hall–Kier alpha value is -1.55. The molecule has 0 bridgehead atoms. The van der Waals surface area contributed by atoms with Crippen LogP contribution in [-0.2, 0) is 11.3 Å². The highest BCUT2D eigenvalue weighted by Crippen LogP contribution is 2.18. The van der Waals surface area contributed by atoms with Crippen LogP contribution in [0.5, 0.6) is 0 Å². The lowest BCUT2D eigenvalue weighted by atomic mass is 10.2. The molecule has 3 heterocycles. The zero-order chi connectivity index (χ0) is 11.8. The van der Waals surface area contributed by atoms with Crippen molar-refractivity contribution in [3.8, 4) is 0 Å². The number of fused-ring (bicyclic) bond motifs is 1. The van der Waals surface area contributed by atoms with Crippen LogP contribution < -0.4 is 5.56 Å². The van der Waals surface area contributed by atoms with Crippen molar-refractivity contribution >= 4 is 10.9 Å². The summed E-state index contributed by atoms with van der Waals surface area (Å²) in [7, 11) is 0. The molecule has 0 saturated carbocycles. The van der Waals surface area contributed by atoms with Crippen molar-refractivity contribution in [2.75, 3.05) is 6.61 Å². The summed E-state index contributed by atoms with van der Waals surface area (Å²) in [6.07, 6.45) is 4.44. The normalized spacial score (nSPS) is 20.2. The zero-order valence-corrected chi connectivity index (χ0v) is 9.90. The lowest BCUT2D eigenvalue weighted by Crippen LogP contribution is -2.18. The maximum absolute atomic E-state index is 11.9. The van der Waals surface area contributed by atoms with Crippen LogP contribution in [0.2, 0.25) is 0 Å². The fraction of sp³-hybridized carbons (Fsp3) is 0.462. The van der Waals surface area contributed by atoms with Gasteiger partial charge in [0.05, 0.1) is 6.10 Å². The molecule has 0 aliphatic carbocycles. The lowest BCUT2D eigenvalue weighted by Gasteiger charge is -2.11. The van der Waals surface area contributed by atoms with Crippen molar-refractivity contribution in [3.63, 3.8) is 0 Å². The van der Waals surface area contributed by atoms with Crippen molar-refractivity contribution in [2.45, 2.75) is 32.4 Å². The molecule has 2 aromatic heterocycles. The van der Waals surface area contributed by atoms with E-state index in [0.717, 1.165) is 42.6 Å². The van der Waals surface area contributed by atoms with Crippen LogP contribution in [-0.4, -0.2) is 22.3 Å². The van der Waals surface area contributed by atoms with Gasteiger partial charge in [-0.25, -0.2) is 0 Å². The molecule has 2 aromatic rings. The molecule has 90 valence electrons. The number of hydrogen-bond donors (Lipinski definition) is 1. The third-order valence-electron chi connectivity index (χ3n) is 3.32. The SMILES string of the molecule is Cc1cc2ccn(CC3CCCO3)c2c(=O)[nH]1. The summed E-state index contributed by atoms with van der Waals surface area (Å²) in [6.45, 7) is 3.52. The lowest BCUT2D eigenvalue weighted by molar-refractivity contribution is 0.0980. The molecule has 0 radical (unpaired) electrons. The zero-order valence-electron chi connectivity index (χ0n) is 9.90. The van der Waals surface area contributed by atoms with Gasteiger partial charge in [-0.15, -0.1) is 0 Å². The van der Waals surface area contributed by atoms with Crippen molar-refractivity contribution in [2.24, 2.45) is 0 Å². The third kappa shape index (κ3) is 1.89. The van der Waals surface area contributed by atoms with E-state index in [4.69, 9.17) is 4.74 Å². The Morgan fingerprint density at radius 2 is 2.47 bits per heavy atom. The number of ether oxygens (including phenoxy) is 1. The van der Waals surface area contributed by atoms with Gasteiger partial charge in [-0.1, -0.05) is 0 Å². The van der Waals surface area contributed by atoms with Gasteiger partial charge in [0.25, 0.3) is 5.56 Å². The summed E-state index contributed by atoms with van der Waals surface area (Å²) in [5, 5.41) is 1.00. The summed E-state index contributed by atoms with van der Waals surface area (Å²) < 4.78 is 7.61. The first-order valence-corrected chi connectivity index (χ1v) is 6.04. The number of nitrogens with one attached hydrogen (secondary N) is 1. The molecule has 4 nitrogen and oxygen atoms in total. The van der Waals surface area contributed by atoms with Crippen LogP contribution in [0.3, 0.4) is 0 Å². The number of nitrogens with zero attached hydrogens (tertiary/aromatic N) is 1. The molecule has 17 heavy (non-hydrogen) atoms. The molecule has 3 rings (SSSR count). The molecule has 0 spiro atoms. The molecule has 0 aromatic carbocycles. The van der Waals surface area contributed by atoms with Gasteiger partial charge in [0.1, 0.15) is 5.52 Å². The molecule has 1 saturated heterocycles. The standard InChI is InChI=1S/C13H16N2O2/c1-9-7-10-4-5-15(12(10)13(16)14-9)8-11-3-2-6-17-11/h4-5,7,11H,2-3,6,8H2,1H3,(H,14,16). The van der Waals surface area contributed by atoms with Crippen molar-refractivity contribution < 1.29 is 4.74 Å². The van der Waals surface area contributed by atoms with Crippen LogP contribution in [0.4, 0.5) is 0 Å². The highest BCUT2D eigenvalue weighted by molar-refractivity contribution is 5.79. The summed E-state index contributed by atoms with van der Waals surface area (Å²) in [5.41, 5.74) is 1.64. The first kappa shape index (κ1) is 10.6. The van der Waals surface area contributed by atoms with Crippen molar-refractivity contribution in [3.05, 3.63) is 34.4 Å². The summed E-state index contributed by atoms with van der Waals surface area (Å²) in [5.74, 6) is 0. The Morgan fingerprint density at radius 1 is 1.59 bits per heavy atom. The Balaban J connectivity index is 2.02. The number of hydrogen-bond acceptors (Lipinski definition) is 2. The average molecular weight is 232 g/mol. The van der Waals surface area contributed by atoms with Crippen LogP contribution in [0.25, 0.3) is 10.9 Å². The number of H-pyrrole nitrogens is 1. The van der Waals surface area contributed by atoms with Gasteiger partial charge in [-0.3, -0.25) is 4.79 Å². The molecular weight excluding hydrogens is 216 g/mol. The summed E-state index contributed by atoms with van der Waals surface area (Å²) in [4.78, 5) is 14.8. The fourth-order valence-corrected chi connectivity index (χ4v) is 2.54. The van der Waals surface area contributed by atoms with E-state index in [1.807, 2.05) is 29.8 Å². The second-order valence-corrected chi connectivity index (χ2v) is 4.69. The number of aromatic nitrogens is 2. The molecule has 1 unspecified atom stereocenters. The van der Waals surface area contributed by atoms with Gasteiger partial charge in [0.2, 0.25) is 0 Å². The quantitative estimate of drug-likeness (QED) is 0.858. The molecule has 0 amide bonds. The van der Waals surface area contributed by atoms with Gasteiger partial charge in [0.15, 0.2) is 0 Å². The highest BCUT2D eigenvalue weighted by atomic mass is 16.5. The van der Waals surface area contributed by atoms with E-state index >= 15 is 0 Å². The molecule has 1 N–H and O–H groups in total. The monoisotopic (exact) mass is 232 g/mol. The van der Waals surface area contributed by atoms with Crippen molar-refractivity contribution in [1.29, 1.82) is 0 Å². The minimum absolute atomic E-state index is 0.0111. The van der Waals surface area contributed by atoms with Crippen molar-refractivity contribution in [1.82, 2.24) is 9.55 Å². The second-order valence-electron chi connectivity index (χ2n) is 4.69. The molecule has 1 aliphatic rings. The van der Waals surface area contributed by atoms with Gasteiger partial charge in [-0.05, 0) is 31.9 Å². The third-order valence-corrected chi connectivity index (χ3v) is 3.32. The Labute approximate surface area is 99.2 Å². The molecule has 1 aliphatic heterocycles. The van der Waals surface area contributed by atoms with E-state index in [0.29, 0.717) is 0 Å². The minimum atomic E-state index is -0.0111. The summed E-state index contributed by atoms with van der Waals surface area (Å²) >= 11 is 0. The van der Waals surface area contributed by atoms with Crippen LogP contribution >= 0.6 is 0 Å². The van der Waals surface area contributed by atoms with E-state index in [1.54, 1.807) is 0 Å².